The summed E-state index contributed by atoms with van der Waals surface area (Å²) in [6.45, 7) is 3.69. The van der Waals surface area contributed by atoms with Gasteiger partial charge in [-0.05, 0) is 50.1 Å². The highest BCUT2D eigenvalue weighted by Gasteiger charge is 2.27. The van der Waals surface area contributed by atoms with Crippen LogP contribution in [0.4, 0.5) is 0 Å². The average Bonchev–Trinajstić information content (AvgIpc) is 2.74. The molecule has 2 aromatic rings. The van der Waals surface area contributed by atoms with Crippen molar-refractivity contribution in [3.63, 3.8) is 0 Å². The average molecular weight is 427 g/mol. The summed E-state index contributed by atoms with van der Waals surface area (Å²) in [7, 11) is 1.63. The molecular formula is C24H27ClN2O3. The maximum absolute atomic E-state index is 13.1. The molecule has 1 heterocycles. The lowest BCUT2D eigenvalue weighted by atomic mass is 10.0. The molecule has 0 bridgehead atoms. The maximum Gasteiger partial charge on any atom is 0.258 e. The highest BCUT2D eigenvalue weighted by molar-refractivity contribution is 6.30. The molecule has 0 saturated heterocycles. The summed E-state index contributed by atoms with van der Waals surface area (Å²) in [5, 5.41) is 3.69. The number of benzene rings is 2. The van der Waals surface area contributed by atoms with Crippen LogP contribution in [-0.2, 0) is 4.79 Å². The van der Waals surface area contributed by atoms with Crippen molar-refractivity contribution in [3.8, 4) is 5.75 Å². The monoisotopic (exact) mass is 426 g/mol. The van der Waals surface area contributed by atoms with Crippen LogP contribution in [0, 0.1) is 0 Å². The molecule has 158 valence electrons. The summed E-state index contributed by atoms with van der Waals surface area (Å²) in [6, 6.07) is 13.7. The van der Waals surface area contributed by atoms with Gasteiger partial charge in [-0.3, -0.25) is 9.59 Å². The van der Waals surface area contributed by atoms with Gasteiger partial charge in [-0.25, -0.2) is 0 Å². The van der Waals surface area contributed by atoms with Gasteiger partial charge in [0, 0.05) is 18.5 Å². The molecule has 0 radical (unpaired) electrons. The van der Waals surface area contributed by atoms with E-state index in [1.165, 1.54) is 4.90 Å². The molecule has 3 rings (SSSR count). The van der Waals surface area contributed by atoms with Crippen LogP contribution in [0.15, 0.2) is 60.7 Å². The van der Waals surface area contributed by atoms with E-state index >= 15 is 0 Å². The first-order chi connectivity index (χ1) is 14.4. The number of carbonyl (C=O) groups is 2. The van der Waals surface area contributed by atoms with Gasteiger partial charge in [-0.15, -0.1) is 0 Å². The van der Waals surface area contributed by atoms with Gasteiger partial charge in [0.05, 0.1) is 17.7 Å². The first-order valence-corrected chi connectivity index (χ1v) is 10.5. The van der Waals surface area contributed by atoms with Crippen molar-refractivity contribution in [2.45, 2.75) is 44.9 Å². The minimum atomic E-state index is -0.656. The van der Waals surface area contributed by atoms with Crippen molar-refractivity contribution < 1.29 is 14.3 Å². The molecule has 0 saturated carbocycles. The van der Waals surface area contributed by atoms with E-state index in [9.17, 15) is 9.59 Å². The zero-order valence-corrected chi connectivity index (χ0v) is 18.2. The van der Waals surface area contributed by atoms with Gasteiger partial charge >= 0.3 is 0 Å². The van der Waals surface area contributed by atoms with Crippen molar-refractivity contribution in [1.82, 2.24) is 10.2 Å². The summed E-state index contributed by atoms with van der Waals surface area (Å²) in [4.78, 5) is 27.5. The number of hydrogen-bond donors (Lipinski definition) is 1. The van der Waals surface area contributed by atoms with Gasteiger partial charge in [-0.1, -0.05) is 48.0 Å². The predicted molar refractivity (Wildman–Crippen MR) is 119 cm³/mol. The third kappa shape index (κ3) is 5.22. The number of fused-ring (bicyclic) bond motifs is 1. The molecule has 2 amide bonds. The quantitative estimate of drug-likeness (QED) is 0.668. The topological polar surface area (TPSA) is 58.6 Å². The summed E-state index contributed by atoms with van der Waals surface area (Å²) in [6.07, 6.45) is 5.29. The van der Waals surface area contributed by atoms with E-state index < -0.39 is 6.04 Å². The zero-order valence-electron chi connectivity index (χ0n) is 17.5. The molecule has 0 fully saturated rings. The van der Waals surface area contributed by atoms with Crippen LogP contribution >= 0.6 is 11.6 Å². The molecule has 6 heteroatoms. The molecule has 2 aromatic carbocycles. The third-order valence-electron chi connectivity index (χ3n) is 5.30. The van der Waals surface area contributed by atoms with E-state index in [4.69, 9.17) is 16.3 Å². The molecule has 1 aliphatic rings. The standard InChI is InChI=1S/C24H27ClN2O3/c1-16-9-4-6-13-21(18-10-8-11-19(25)15-18)26-23(28)17(2)27(3)24(29)20-12-5-7-14-22(20)30-16/h4-8,10-12,14-17,21H,9,13H2,1-3H3,(H,26,28)/b6-4-/t16-,17-,21-/m0/s1. The van der Waals surface area contributed by atoms with E-state index in [1.807, 2.05) is 43.3 Å². The second-order valence-electron chi connectivity index (χ2n) is 7.58. The number of hydrogen-bond acceptors (Lipinski definition) is 3. The largest absolute Gasteiger partial charge is 0.490 e. The lowest BCUT2D eigenvalue weighted by Gasteiger charge is -2.28. The van der Waals surface area contributed by atoms with Crippen LogP contribution in [0.2, 0.25) is 5.02 Å². The molecule has 3 atom stereocenters. The van der Waals surface area contributed by atoms with Crippen LogP contribution in [0.3, 0.4) is 0 Å². The normalized spacial score (nSPS) is 24.3. The molecule has 5 nitrogen and oxygen atoms in total. The Labute approximate surface area is 182 Å². The Kier molecular flexibility index (Phi) is 7.16. The Morgan fingerprint density at radius 2 is 1.77 bits per heavy atom. The predicted octanol–water partition coefficient (Wildman–Crippen LogP) is 4.78. The lowest BCUT2D eigenvalue weighted by molar-refractivity contribution is -0.125. The number of nitrogens with one attached hydrogen (secondary N) is 1. The number of amides is 2. The molecule has 0 aromatic heterocycles. The number of para-hydroxylation sites is 1. The van der Waals surface area contributed by atoms with Crippen LogP contribution in [0.25, 0.3) is 0 Å². The van der Waals surface area contributed by atoms with E-state index in [-0.39, 0.29) is 24.0 Å². The Bertz CT molecular complexity index is 944. The van der Waals surface area contributed by atoms with Crippen molar-refractivity contribution in [3.05, 3.63) is 76.8 Å². The Hall–Kier alpha value is -2.79. The van der Waals surface area contributed by atoms with Crippen LogP contribution < -0.4 is 10.1 Å². The SMILES string of the molecule is C[C@H]1C/C=C\C[C@@H](c2cccc(Cl)c2)NC(=O)[C@H](C)N(C)C(=O)c2ccccc2O1. The second-order valence-corrected chi connectivity index (χ2v) is 8.01. The molecule has 1 N–H and O–H groups in total. The highest BCUT2D eigenvalue weighted by atomic mass is 35.5. The minimum absolute atomic E-state index is 0.0971. The third-order valence-corrected chi connectivity index (χ3v) is 5.54. The fraction of sp³-hybridized carbons (Fsp3) is 0.333. The summed E-state index contributed by atoms with van der Waals surface area (Å²) in [5.41, 5.74) is 1.36. The second kappa shape index (κ2) is 9.81. The number of halogens is 1. The van der Waals surface area contributed by atoms with Gasteiger partial charge < -0.3 is 15.0 Å². The highest BCUT2D eigenvalue weighted by Crippen LogP contribution is 2.25. The summed E-state index contributed by atoms with van der Waals surface area (Å²) in [5.74, 6) is 0.0390. The van der Waals surface area contributed by atoms with Crippen LogP contribution in [0.1, 0.15) is 48.7 Å². The van der Waals surface area contributed by atoms with Crippen molar-refractivity contribution in [2.75, 3.05) is 7.05 Å². The first kappa shape index (κ1) is 21.9. The van der Waals surface area contributed by atoms with Gasteiger partial charge in [-0.2, -0.15) is 0 Å². The molecule has 0 spiro atoms. The molecular weight excluding hydrogens is 400 g/mol. The number of ether oxygens (including phenoxy) is 1. The Morgan fingerprint density at radius 3 is 2.53 bits per heavy atom. The van der Waals surface area contributed by atoms with Crippen molar-refractivity contribution >= 4 is 23.4 Å². The minimum Gasteiger partial charge on any atom is -0.490 e. The van der Waals surface area contributed by atoms with Crippen LogP contribution in [-0.4, -0.2) is 35.9 Å². The van der Waals surface area contributed by atoms with Crippen molar-refractivity contribution in [1.29, 1.82) is 0 Å². The number of carbonyl (C=O) groups excluding carboxylic acids is 2. The van der Waals surface area contributed by atoms with E-state index in [2.05, 4.69) is 5.32 Å². The van der Waals surface area contributed by atoms with Crippen molar-refractivity contribution in [2.24, 2.45) is 0 Å². The molecule has 1 aliphatic heterocycles. The summed E-state index contributed by atoms with van der Waals surface area (Å²) >= 11 is 6.16. The van der Waals surface area contributed by atoms with Gasteiger partial charge in [0.25, 0.3) is 5.91 Å². The fourth-order valence-electron chi connectivity index (χ4n) is 3.37. The van der Waals surface area contributed by atoms with Gasteiger partial charge in [0.2, 0.25) is 5.91 Å². The fourth-order valence-corrected chi connectivity index (χ4v) is 3.57. The Morgan fingerprint density at radius 1 is 1.03 bits per heavy atom. The smallest absolute Gasteiger partial charge is 0.258 e. The van der Waals surface area contributed by atoms with E-state index in [1.54, 1.807) is 38.2 Å². The lowest BCUT2D eigenvalue weighted by Crippen LogP contribution is -2.47. The number of likely N-dealkylation sites (N-methyl/N-ethyl adjacent to an activating group) is 1. The van der Waals surface area contributed by atoms with Gasteiger partial charge in [0.15, 0.2) is 0 Å². The zero-order chi connectivity index (χ0) is 21.7. The number of nitrogens with zero attached hydrogens (tertiary/aromatic N) is 1. The molecule has 0 aliphatic carbocycles. The van der Waals surface area contributed by atoms with Gasteiger partial charge in [0.1, 0.15) is 11.8 Å². The summed E-state index contributed by atoms with van der Waals surface area (Å²) < 4.78 is 6.03. The van der Waals surface area contributed by atoms with Crippen LogP contribution in [0.5, 0.6) is 5.75 Å². The van der Waals surface area contributed by atoms with E-state index in [0.29, 0.717) is 29.2 Å². The molecule has 0 unspecified atom stereocenters. The first-order valence-electron chi connectivity index (χ1n) is 10.1. The molecule has 30 heavy (non-hydrogen) atoms. The maximum atomic E-state index is 13.1. The Balaban J connectivity index is 1.93. The number of rotatable bonds is 1. The van der Waals surface area contributed by atoms with E-state index in [0.717, 1.165) is 5.56 Å².